The summed E-state index contributed by atoms with van der Waals surface area (Å²) in [6.07, 6.45) is 4.40. The largest absolute Gasteiger partial charge is 0.475 e. The first-order chi connectivity index (χ1) is 10.2. The number of nitrogens with zero attached hydrogens (tertiary/aromatic N) is 1. The van der Waals surface area contributed by atoms with Crippen LogP contribution in [0.15, 0.2) is 6.07 Å². The predicted molar refractivity (Wildman–Crippen MR) is 85.0 cm³/mol. The molecule has 0 aromatic carbocycles. The van der Waals surface area contributed by atoms with Gasteiger partial charge in [0.15, 0.2) is 0 Å². The second kappa shape index (κ2) is 8.26. The molecule has 0 saturated heterocycles. The van der Waals surface area contributed by atoms with Crippen molar-refractivity contribution in [2.24, 2.45) is 5.73 Å². The number of fused-ring (bicyclic) bond motifs is 1. The fourth-order valence-electron chi connectivity index (χ4n) is 2.34. The molecule has 0 aliphatic heterocycles. The Morgan fingerprint density at radius 2 is 2.00 bits per heavy atom. The summed E-state index contributed by atoms with van der Waals surface area (Å²) in [6.45, 7) is 2.04. The minimum Gasteiger partial charge on any atom is -0.475 e. The summed E-state index contributed by atoms with van der Waals surface area (Å²) in [6, 6.07) is 2.03. The second-order valence-corrected chi connectivity index (χ2v) is 5.41. The van der Waals surface area contributed by atoms with Crippen LogP contribution in [-0.4, -0.2) is 43.5 Å². The summed E-state index contributed by atoms with van der Waals surface area (Å²) < 4.78 is 16.0. The number of hydrogen-bond donors (Lipinski definition) is 1. The Balaban J connectivity index is 1.98. The standard InChI is InChI=1S/C15H22N2O3S/c1-18-6-7-19-8-9-20-15-12(14(16)21)10-11-4-2-3-5-13(11)17-15/h10H,2-9H2,1H3,(H2,16,21). The molecule has 21 heavy (non-hydrogen) atoms. The first-order valence-corrected chi connectivity index (χ1v) is 7.65. The number of nitrogens with two attached hydrogens (primary N) is 1. The van der Waals surface area contributed by atoms with Crippen molar-refractivity contribution < 1.29 is 14.2 Å². The molecule has 1 aliphatic carbocycles. The minimum absolute atomic E-state index is 0.325. The van der Waals surface area contributed by atoms with Crippen molar-refractivity contribution in [2.75, 3.05) is 33.5 Å². The molecule has 1 aliphatic rings. The molecule has 6 heteroatoms. The van der Waals surface area contributed by atoms with Gasteiger partial charge < -0.3 is 19.9 Å². The first kappa shape index (κ1) is 16.1. The molecule has 0 spiro atoms. The third kappa shape index (κ3) is 4.62. The molecule has 0 radical (unpaired) electrons. The fourth-order valence-corrected chi connectivity index (χ4v) is 2.49. The average Bonchev–Trinajstić information content (AvgIpc) is 2.49. The van der Waals surface area contributed by atoms with Crippen LogP contribution in [0.25, 0.3) is 0 Å². The van der Waals surface area contributed by atoms with Gasteiger partial charge >= 0.3 is 0 Å². The number of thiocarbonyl (C=S) groups is 1. The molecular formula is C15H22N2O3S. The molecule has 0 fully saturated rings. The van der Waals surface area contributed by atoms with E-state index >= 15 is 0 Å². The van der Waals surface area contributed by atoms with Crippen molar-refractivity contribution in [3.05, 3.63) is 22.9 Å². The van der Waals surface area contributed by atoms with Crippen LogP contribution >= 0.6 is 12.2 Å². The summed E-state index contributed by atoms with van der Waals surface area (Å²) in [5, 5.41) is 0. The lowest BCUT2D eigenvalue weighted by molar-refractivity contribution is 0.0536. The predicted octanol–water partition coefficient (Wildman–Crippen LogP) is 1.64. The van der Waals surface area contributed by atoms with Crippen LogP contribution in [0.4, 0.5) is 0 Å². The topological polar surface area (TPSA) is 66.6 Å². The molecule has 1 heterocycles. The van der Waals surface area contributed by atoms with Crippen LogP contribution in [0.2, 0.25) is 0 Å². The SMILES string of the molecule is COCCOCCOc1nc2c(cc1C(N)=S)CCCC2. The van der Waals surface area contributed by atoms with Crippen LogP contribution in [0.3, 0.4) is 0 Å². The van der Waals surface area contributed by atoms with Gasteiger partial charge in [0.2, 0.25) is 5.88 Å². The third-order valence-corrected chi connectivity index (χ3v) is 3.65. The first-order valence-electron chi connectivity index (χ1n) is 7.24. The van der Waals surface area contributed by atoms with Gasteiger partial charge in [0.25, 0.3) is 0 Å². The lowest BCUT2D eigenvalue weighted by atomic mass is 9.95. The van der Waals surface area contributed by atoms with Gasteiger partial charge in [-0.2, -0.15) is 0 Å². The molecule has 1 aromatic rings. The summed E-state index contributed by atoms with van der Waals surface area (Å²) in [4.78, 5) is 4.92. The van der Waals surface area contributed by atoms with Gasteiger partial charge in [-0.3, -0.25) is 0 Å². The van der Waals surface area contributed by atoms with E-state index in [-0.39, 0.29) is 0 Å². The number of rotatable bonds is 8. The minimum atomic E-state index is 0.325. The summed E-state index contributed by atoms with van der Waals surface area (Å²) in [5.41, 5.74) is 8.86. The second-order valence-electron chi connectivity index (χ2n) is 4.97. The molecule has 2 rings (SSSR count). The molecule has 0 saturated carbocycles. The molecule has 2 N–H and O–H groups in total. The molecule has 5 nitrogen and oxygen atoms in total. The van der Waals surface area contributed by atoms with Gasteiger partial charge in [0, 0.05) is 12.8 Å². The van der Waals surface area contributed by atoms with Crippen molar-refractivity contribution in [3.63, 3.8) is 0 Å². The molecule has 0 unspecified atom stereocenters. The number of aromatic nitrogens is 1. The van der Waals surface area contributed by atoms with Crippen molar-refractivity contribution >= 4 is 17.2 Å². The van der Waals surface area contributed by atoms with E-state index in [1.54, 1.807) is 7.11 Å². The molecule has 0 atom stereocenters. The lowest BCUT2D eigenvalue weighted by Gasteiger charge is -2.18. The Labute approximate surface area is 130 Å². The average molecular weight is 310 g/mol. The highest BCUT2D eigenvalue weighted by molar-refractivity contribution is 7.80. The quantitative estimate of drug-likeness (QED) is 0.581. The number of ether oxygens (including phenoxy) is 3. The summed E-state index contributed by atoms with van der Waals surface area (Å²) in [5.74, 6) is 0.526. The van der Waals surface area contributed by atoms with E-state index in [0.29, 0.717) is 37.3 Å². The number of aryl methyl sites for hydroxylation is 2. The number of hydrogen-bond acceptors (Lipinski definition) is 5. The van der Waals surface area contributed by atoms with Crippen molar-refractivity contribution in [3.8, 4) is 5.88 Å². The van der Waals surface area contributed by atoms with Gasteiger partial charge in [-0.05, 0) is 37.3 Å². The monoisotopic (exact) mass is 310 g/mol. The van der Waals surface area contributed by atoms with Crippen molar-refractivity contribution in [1.29, 1.82) is 0 Å². The fraction of sp³-hybridized carbons (Fsp3) is 0.600. The maximum atomic E-state index is 5.78. The van der Waals surface area contributed by atoms with E-state index in [1.807, 2.05) is 6.07 Å². The molecule has 0 bridgehead atoms. The van der Waals surface area contributed by atoms with E-state index in [9.17, 15) is 0 Å². The van der Waals surface area contributed by atoms with E-state index in [4.69, 9.17) is 32.2 Å². The van der Waals surface area contributed by atoms with E-state index in [2.05, 4.69) is 4.98 Å². The van der Waals surface area contributed by atoms with E-state index < -0.39 is 0 Å². The van der Waals surface area contributed by atoms with E-state index in [1.165, 1.54) is 18.4 Å². The zero-order valence-corrected chi connectivity index (χ0v) is 13.2. The number of methoxy groups -OCH3 is 1. The Bertz CT molecular complexity index is 494. The molecule has 1 aromatic heterocycles. The maximum Gasteiger partial charge on any atom is 0.224 e. The normalized spacial score (nSPS) is 13.8. The molecular weight excluding hydrogens is 288 g/mol. The van der Waals surface area contributed by atoms with Crippen LogP contribution in [0.1, 0.15) is 29.7 Å². The number of pyridine rings is 1. The van der Waals surface area contributed by atoms with Gasteiger partial charge in [-0.1, -0.05) is 12.2 Å². The Morgan fingerprint density at radius 3 is 2.76 bits per heavy atom. The highest BCUT2D eigenvalue weighted by Gasteiger charge is 2.17. The van der Waals surface area contributed by atoms with Gasteiger partial charge in [-0.25, -0.2) is 4.98 Å². The van der Waals surface area contributed by atoms with Crippen LogP contribution in [0.5, 0.6) is 5.88 Å². The van der Waals surface area contributed by atoms with Crippen LogP contribution in [-0.2, 0) is 22.3 Å². The zero-order chi connectivity index (χ0) is 15.1. The molecule has 0 amide bonds. The summed E-state index contributed by atoms with van der Waals surface area (Å²) >= 11 is 5.10. The van der Waals surface area contributed by atoms with Crippen molar-refractivity contribution in [1.82, 2.24) is 4.98 Å². The van der Waals surface area contributed by atoms with Crippen molar-refractivity contribution in [2.45, 2.75) is 25.7 Å². The lowest BCUT2D eigenvalue weighted by Crippen LogP contribution is -2.18. The van der Waals surface area contributed by atoms with Gasteiger partial charge in [0.05, 0.1) is 25.4 Å². The van der Waals surface area contributed by atoms with E-state index in [0.717, 1.165) is 24.1 Å². The maximum absolute atomic E-state index is 5.78. The Morgan fingerprint density at radius 1 is 1.24 bits per heavy atom. The summed E-state index contributed by atoms with van der Waals surface area (Å²) in [7, 11) is 1.64. The van der Waals surface area contributed by atoms with Crippen LogP contribution < -0.4 is 10.5 Å². The highest BCUT2D eigenvalue weighted by Crippen LogP contribution is 2.26. The zero-order valence-electron chi connectivity index (χ0n) is 12.4. The van der Waals surface area contributed by atoms with Gasteiger partial charge in [0.1, 0.15) is 11.6 Å². The Hall–Kier alpha value is -1.24. The highest BCUT2D eigenvalue weighted by atomic mass is 32.1. The van der Waals surface area contributed by atoms with Crippen LogP contribution in [0, 0.1) is 0 Å². The van der Waals surface area contributed by atoms with Gasteiger partial charge in [-0.15, -0.1) is 0 Å². The molecule has 116 valence electrons. The smallest absolute Gasteiger partial charge is 0.224 e. The third-order valence-electron chi connectivity index (χ3n) is 3.43. The Kier molecular flexibility index (Phi) is 6.35.